The molecule has 10 heteroatoms. The van der Waals surface area contributed by atoms with Crippen LogP contribution in [0.5, 0.6) is 6.01 Å². The fourth-order valence-electron chi connectivity index (χ4n) is 4.01. The summed E-state index contributed by atoms with van der Waals surface area (Å²) < 4.78 is 12.9. The third-order valence-corrected chi connectivity index (χ3v) is 6.84. The lowest BCUT2D eigenvalue weighted by molar-refractivity contribution is 0.0703. The van der Waals surface area contributed by atoms with E-state index >= 15 is 0 Å². The molecule has 0 saturated carbocycles. The molecule has 0 atom stereocenters. The lowest BCUT2D eigenvalue weighted by Crippen LogP contribution is -2.07. The van der Waals surface area contributed by atoms with Crippen molar-refractivity contribution in [2.24, 2.45) is 0 Å². The quantitative estimate of drug-likeness (QED) is 0.237. The van der Waals surface area contributed by atoms with Crippen LogP contribution in [0.15, 0.2) is 53.1 Å². The van der Waals surface area contributed by atoms with Crippen LogP contribution < -0.4 is 4.74 Å². The molecule has 0 bridgehead atoms. The van der Waals surface area contributed by atoms with Crippen LogP contribution in [0.1, 0.15) is 33.5 Å². The predicted octanol–water partition coefficient (Wildman–Crippen LogP) is 6.32. The molecule has 2 N–H and O–H groups in total. The van der Waals surface area contributed by atoms with Crippen LogP contribution >= 0.6 is 23.6 Å². The number of hydrogen-bond acceptors (Lipinski definition) is 7. The van der Waals surface area contributed by atoms with Gasteiger partial charge in [0.05, 0.1) is 18.7 Å². The van der Waals surface area contributed by atoms with Gasteiger partial charge in [0.15, 0.2) is 5.82 Å². The van der Waals surface area contributed by atoms with Gasteiger partial charge in [-0.25, -0.2) is 9.95 Å². The molecule has 3 heterocycles. The Morgan fingerprint density at radius 2 is 1.91 bits per heavy atom. The number of carboxylic acids is 1. The molecule has 0 spiro atoms. The number of carbonyl (C=O) groups is 1. The molecule has 5 rings (SSSR count). The van der Waals surface area contributed by atoms with E-state index in [-0.39, 0.29) is 9.71 Å². The number of aryl methyl sites for hydroxylation is 1. The highest BCUT2D eigenvalue weighted by Gasteiger charge is 2.24. The molecular weight excluding hydrogens is 484 g/mol. The van der Waals surface area contributed by atoms with Crippen molar-refractivity contribution in [3.05, 3.63) is 68.7 Å². The van der Waals surface area contributed by atoms with Crippen molar-refractivity contribution in [2.45, 2.75) is 26.8 Å². The number of nitrogens with zero attached hydrogens (tertiary/aromatic N) is 3. The second kappa shape index (κ2) is 9.47. The first-order valence-electron chi connectivity index (χ1n) is 11.1. The van der Waals surface area contributed by atoms with Crippen molar-refractivity contribution in [3.8, 4) is 28.5 Å². The summed E-state index contributed by atoms with van der Waals surface area (Å²) in [6.45, 7) is 4.84. The first kappa shape index (κ1) is 23.0. The van der Waals surface area contributed by atoms with Gasteiger partial charge in [-0.2, -0.15) is 9.97 Å². The van der Waals surface area contributed by atoms with Crippen molar-refractivity contribution in [1.82, 2.24) is 19.7 Å². The first-order chi connectivity index (χ1) is 17.0. The van der Waals surface area contributed by atoms with Crippen LogP contribution in [0.3, 0.4) is 0 Å². The number of hydrogen-bond donors (Lipinski definition) is 2. The zero-order valence-corrected chi connectivity index (χ0v) is 20.7. The highest BCUT2D eigenvalue weighted by Crippen LogP contribution is 2.35. The lowest BCUT2D eigenvalue weighted by Gasteiger charge is -2.12. The normalized spacial score (nSPS) is 11.3. The van der Waals surface area contributed by atoms with Crippen molar-refractivity contribution in [3.63, 3.8) is 0 Å². The monoisotopic (exact) mass is 506 g/mol. The van der Waals surface area contributed by atoms with Crippen LogP contribution in [-0.4, -0.2) is 37.4 Å². The molecule has 0 aliphatic heterocycles. The Kier molecular flexibility index (Phi) is 6.23. The maximum atomic E-state index is 11.9. The molecule has 0 fully saturated rings. The fourth-order valence-corrected chi connectivity index (χ4v) is 5.08. The Hall–Kier alpha value is -3.76. The van der Waals surface area contributed by atoms with E-state index in [2.05, 4.69) is 15.1 Å². The number of aromatic amines is 1. The minimum absolute atomic E-state index is 0.155. The van der Waals surface area contributed by atoms with Crippen LogP contribution in [0.4, 0.5) is 0 Å². The SMILES string of the molecule is CCCOc1nc2c(C)sc(C(=O)O)c2n1Cc1ccc(-c2ccccc2-c2nc(=S)o[nH]2)cc1. The van der Waals surface area contributed by atoms with E-state index in [1.165, 1.54) is 11.3 Å². The average molecular weight is 507 g/mol. The third kappa shape index (κ3) is 4.38. The number of rotatable bonds is 8. The van der Waals surface area contributed by atoms with Gasteiger partial charge in [0, 0.05) is 10.4 Å². The van der Waals surface area contributed by atoms with Gasteiger partial charge in [0.2, 0.25) is 0 Å². The second-order valence-electron chi connectivity index (χ2n) is 7.99. The highest BCUT2D eigenvalue weighted by atomic mass is 32.1. The second-order valence-corrected chi connectivity index (χ2v) is 9.57. The van der Waals surface area contributed by atoms with Gasteiger partial charge in [0.1, 0.15) is 10.4 Å². The van der Waals surface area contributed by atoms with E-state index < -0.39 is 5.97 Å². The Morgan fingerprint density at radius 1 is 1.17 bits per heavy atom. The first-order valence-corrected chi connectivity index (χ1v) is 12.3. The number of carboxylic acid groups (broad SMARTS) is 1. The fraction of sp³-hybridized carbons (Fsp3) is 0.200. The van der Waals surface area contributed by atoms with Crippen molar-refractivity contribution < 1.29 is 19.2 Å². The van der Waals surface area contributed by atoms with Gasteiger partial charge >= 0.3 is 10.8 Å². The zero-order valence-electron chi connectivity index (χ0n) is 19.1. The van der Waals surface area contributed by atoms with Crippen LogP contribution in [0.25, 0.3) is 33.5 Å². The summed E-state index contributed by atoms with van der Waals surface area (Å²) in [5, 5.41) is 12.5. The molecule has 0 aliphatic rings. The number of thiophene rings is 1. The van der Waals surface area contributed by atoms with E-state index in [1.807, 2.05) is 66.9 Å². The largest absolute Gasteiger partial charge is 0.477 e. The number of ether oxygens (including phenoxy) is 1. The lowest BCUT2D eigenvalue weighted by atomic mass is 9.98. The third-order valence-electron chi connectivity index (χ3n) is 5.59. The Bertz CT molecular complexity index is 1580. The molecule has 0 saturated heterocycles. The van der Waals surface area contributed by atoms with Crippen molar-refractivity contribution in [2.75, 3.05) is 6.61 Å². The molecule has 3 aromatic heterocycles. The summed E-state index contributed by atoms with van der Waals surface area (Å²) in [6.07, 6.45) is 0.828. The number of aromatic nitrogens is 4. The van der Waals surface area contributed by atoms with Gasteiger partial charge in [-0.15, -0.1) is 11.3 Å². The highest BCUT2D eigenvalue weighted by molar-refractivity contribution is 7.71. The molecule has 0 amide bonds. The standard InChI is InChI=1S/C25H22N4O4S2/c1-3-12-32-24-26-19-14(2)35-21(23(30)31)20(19)29(24)13-15-8-10-16(11-9-15)17-6-4-5-7-18(17)22-27-25(34)33-28-22/h4-11H,3,12-13H2,1-2H3,(H,30,31)(H,27,28,34). The maximum Gasteiger partial charge on any atom is 0.348 e. The zero-order chi connectivity index (χ0) is 24.5. The molecule has 0 unspecified atom stereocenters. The van der Waals surface area contributed by atoms with Gasteiger partial charge < -0.3 is 14.4 Å². The summed E-state index contributed by atoms with van der Waals surface area (Å²) in [5.74, 6) is -0.391. The molecular formula is C25H22N4O4S2. The Labute approximate surface area is 209 Å². The molecule has 0 aliphatic carbocycles. The van der Waals surface area contributed by atoms with Gasteiger partial charge in [-0.1, -0.05) is 55.5 Å². The number of benzene rings is 2. The van der Waals surface area contributed by atoms with Crippen LogP contribution in [0.2, 0.25) is 0 Å². The molecule has 8 nitrogen and oxygen atoms in total. The van der Waals surface area contributed by atoms with Gasteiger partial charge in [-0.05, 0) is 42.3 Å². The van der Waals surface area contributed by atoms with E-state index in [0.717, 1.165) is 33.6 Å². The van der Waals surface area contributed by atoms with Crippen molar-refractivity contribution in [1.29, 1.82) is 0 Å². The predicted molar refractivity (Wildman–Crippen MR) is 137 cm³/mol. The minimum Gasteiger partial charge on any atom is -0.477 e. The average Bonchev–Trinajstić information content (AvgIpc) is 3.54. The number of aromatic carboxylic acids is 1. The summed E-state index contributed by atoms with van der Waals surface area (Å²) in [7, 11) is 0. The molecule has 5 aromatic rings. The van der Waals surface area contributed by atoms with E-state index in [4.69, 9.17) is 21.5 Å². The smallest absolute Gasteiger partial charge is 0.348 e. The summed E-state index contributed by atoms with van der Waals surface area (Å²) in [5.41, 5.74) is 5.13. The van der Waals surface area contributed by atoms with Crippen molar-refractivity contribution >= 4 is 40.6 Å². The minimum atomic E-state index is -0.963. The maximum absolute atomic E-state index is 11.9. The van der Waals surface area contributed by atoms with E-state index in [1.54, 1.807) is 0 Å². The molecule has 2 aromatic carbocycles. The number of imidazole rings is 1. The van der Waals surface area contributed by atoms with E-state index in [0.29, 0.717) is 36.0 Å². The number of nitrogens with one attached hydrogen (secondary N) is 1. The summed E-state index contributed by atoms with van der Waals surface area (Å²) in [6, 6.07) is 16.4. The van der Waals surface area contributed by atoms with Crippen LogP contribution in [-0.2, 0) is 6.54 Å². The van der Waals surface area contributed by atoms with Gasteiger partial charge in [0.25, 0.3) is 6.01 Å². The number of fused-ring (bicyclic) bond motifs is 1. The Morgan fingerprint density at radius 3 is 2.57 bits per heavy atom. The molecule has 178 valence electrons. The van der Waals surface area contributed by atoms with Crippen LogP contribution in [0, 0.1) is 11.8 Å². The van der Waals surface area contributed by atoms with E-state index in [9.17, 15) is 9.90 Å². The Balaban J connectivity index is 1.52. The summed E-state index contributed by atoms with van der Waals surface area (Å²) in [4.78, 5) is 22.1. The number of H-pyrrole nitrogens is 1. The topological polar surface area (TPSA) is 106 Å². The molecule has 0 radical (unpaired) electrons. The van der Waals surface area contributed by atoms with Gasteiger partial charge in [-0.3, -0.25) is 4.57 Å². The summed E-state index contributed by atoms with van der Waals surface area (Å²) >= 11 is 6.24. The molecule has 35 heavy (non-hydrogen) atoms.